The van der Waals surface area contributed by atoms with Gasteiger partial charge in [0.15, 0.2) is 6.10 Å². The van der Waals surface area contributed by atoms with Crippen molar-refractivity contribution in [3.8, 4) is 0 Å². The van der Waals surface area contributed by atoms with Crippen molar-refractivity contribution in [1.82, 2.24) is 0 Å². The van der Waals surface area contributed by atoms with Gasteiger partial charge >= 0.3 is 17.9 Å². The van der Waals surface area contributed by atoms with E-state index in [9.17, 15) is 14.4 Å². The summed E-state index contributed by atoms with van der Waals surface area (Å²) < 4.78 is 16.9. The van der Waals surface area contributed by atoms with Crippen LogP contribution in [0.4, 0.5) is 0 Å². The summed E-state index contributed by atoms with van der Waals surface area (Å²) in [6, 6.07) is 0. The van der Waals surface area contributed by atoms with Crippen LogP contribution in [0.3, 0.4) is 0 Å². The van der Waals surface area contributed by atoms with Crippen LogP contribution >= 0.6 is 0 Å². The quantitative estimate of drug-likeness (QED) is 0.0261. The summed E-state index contributed by atoms with van der Waals surface area (Å²) >= 11 is 0. The molecule has 0 amide bonds. The molecular weight excluding hydrogens is 901 g/mol. The molecule has 0 N–H and O–H groups in total. The van der Waals surface area contributed by atoms with Gasteiger partial charge in [0.1, 0.15) is 13.2 Å². The average molecular weight is 1020 g/mol. The van der Waals surface area contributed by atoms with E-state index in [1.165, 1.54) is 148 Å². The van der Waals surface area contributed by atoms with Crippen molar-refractivity contribution in [3.63, 3.8) is 0 Å². The lowest BCUT2D eigenvalue weighted by molar-refractivity contribution is -0.167. The third-order valence-corrected chi connectivity index (χ3v) is 13.3. The molecule has 0 aliphatic carbocycles. The van der Waals surface area contributed by atoms with Gasteiger partial charge in [0.05, 0.1) is 0 Å². The van der Waals surface area contributed by atoms with Gasteiger partial charge < -0.3 is 14.2 Å². The SMILES string of the molecule is CCCCCC/C=C\C/C=C\CCCCCCCCCC(=O)OC(COC(=O)CCCCCCC/C=C\C/C=C\CCCCCC)COC(=O)CCCCCCCC/C=C\C/C=C\C/C=C\CCCCCCC. The van der Waals surface area contributed by atoms with Crippen molar-refractivity contribution < 1.29 is 28.6 Å². The highest BCUT2D eigenvalue weighted by Gasteiger charge is 2.19. The van der Waals surface area contributed by atoms with E-state index in [4.69, 9.17) is 14.2 Å². The molecule has 0 heterocycles. The third kappa shape index (κ3) is 59.3. The molecule has 73 heavy (non-hydrogen) atoms. The fraction of sp³-hybridized carbons (Fsp3) is 0.746. The number of hydrogen-bond donors (Lipinski definition) is 0. The second-order valence-electron chi connectivity index (χ2n) is 20.6. The van der Waals surface area contributed by atoms with Crippen LogP contribution in [0.25, 0.3) is 0 Å². The largest absolute Gasteiger partial charge is 0.462 e. The number of allylic oxidation sites excluding steroid dienone is 14. The van der Waals surface area contributed by atoms with Crippen LogP contribution in [0.1, 0.15) is 303 Å². The van der Waals surface area contributed by atoms with Gasteiger partial charge in [-0.25, -0.2) is 0 Å². The minimum absolute atomic E-state index is 0.0910. The van der Waals surface area contributed by atoms with Gasteiger partial charge in [0.25, 0.3) is 0 Å². The molecule has 0 saturated heterocycles. The number of carbonyl (C=O) groups excluding carboxylic acids is 3. The number of hydrogen-bond acceptors (Lipinski definition) is 6. The van der Waals surface area contributed by atoms with Crippen LogP contribution in [0.5, 0.6) is 0 Å². The Labute approximate surface area is 452 Å². The third-order valence-electron chi connectivity index (χ3n) is 13.3. The second kappa shape index (κ2) is 61.1. The number of unbranched alkanes of at least 4 members (excludes halogenated alkanes) is 31. The van der Waals surface area contributed by atoms with Crippen molar-refractivity contribution >= 4 is 17.9 Å². The molecule has 0 aliphatic rings. The Kier molecular flexibility index (Phi) is 58.3. The summed E-state index contributed by atoms with van der Waals surface area (Å²) in [4.78, 5) is 38.3. The first-order valence-corrected chi connectivity index (χ1v) is 31.1. The zero-order valence-corrected chi connectivity index (χ0v) is 48.1. The lowest BCUT2D eigenvalue weighted by Gasteiger charge is -2.18. The maximum absolute atomic E-state index is 12.9. The Morgan fingerprint density at radius 2 is 0.493 bits per heavy atom. The normalized spacial score (nSPS) is 12.6. The number of carbonyl (C=O) groups is 3. The summed E-state index contributed by atoms with van der Waals surface area (Å²) in [6.07, 6.45) is 80.0. The van der Waals surface area contributed by atoms with E-state index in [2.05, 4.69) is 106 Å². The molecule has 0 aromatic rings. The second-order valence-corrected chi connectivity index (χ2v) is 20.6. The fourth-order valence-corrected chi connectivity index (χ4v) is 8.63. The van der Waals surface area contributed by atoms with Crippen LogP contribution in [-0.4, -0.2) is 37.2 Å². The minimum Gasteiger partial charge on any atom is -0.462 e. The Balaban J connectivity index is 4.44. The van der Waals surface area contributed by atoms with Crippen molar-refractivity contribution in [1.29, 1.82) is 0 Å². The molecule has 0 aromatic heterocycles. The van der Waals surface area contributed by atoms with Crippen molar-refractivity contribution in [2.75, 3.05) is 13.2 Å². The molecule has 0 bridgehead atoms. The minimum atomic E-state index is -0.794. The van der Waals surface area contributed by atoms with Crippen LogP contribution in [-0.2, 0) is 28.6 Å². The average Bonchev–Trinajstić information content (AvgIpc) is 3.39. The molecule has 6 heteroatoms. The first kappa shape index (κ1) is 69.6. The van der Waals surface area contributed by atoms with Gasteiger partial charge in [-0.3, -0.25) is 14.4 Å². The molecule has 0 radical (unpaired) electrons. The molecule has 420 valence electrons. The van der Waals surface area contributed by atoms with E-state index in [1.807, 2.05) is 0 Å². The number of ether oxygens (including phenoxy) is 3. The summed E-state index contributed by atoms with van der Waals surface area (Å²) in [5.41, 5.74) is 0. The van der Waals surface area contributed by atoms with E-state index in [-0.39, 0.29) is 31.1 Å². The van der Waals surface area contributed by atoms with E-state index in [0.29, 0.717) is 19.3 Å². The van der Waals surface area contributed by atoms with Crippen LogP contribution in [0.15, 0.2) is 85.1 Å². The van der Waals surface area contributed by atoms with Gasteiger partial charge in [-0.2, -0.15) is 0 Å². The first-order chi connectivity index (χ1) is 36.0. The van der Waals surface area contributed by atoms with Crippen LogP contribution in [0, 0.1) is 0 Å². The molecule has 6 nitrogen and oxygen atoms in total. The molecule has 0 saturated carbocycles. The summed E-state index contributed by atoms with van der Waals surface area (Å²) in [7, 11) is 0. The highest BCUT2D eigenvalue weighted by atomic mass is 16.6. The molecule has 0 spiro atoms. The van der Waals surface area contributed by atoms with Gasteiger partial charge in [0, 0.05) is 19.3 Å². The fourth-order valence-electron chi connectivity index (χ4n) is 8.63. The predicted octanol–water partition coefficient (Wildman–Crippen LogP) is 21.1. The topological polar surface area (TPSA) is 78.9 Å². The summed E-state index contributed by atoms with van der Waals surface area (Å²) in [5, 5.41) is 0. The van der Waals surface area contributed by atoms with E-state index in [0.717, 1.165) is 116 Å². The van der Waals surface area contributed by atoms with Gasteiger partial charge in [-0.1, -0.05) is 247 Å². The summed E-state index contributed by atoms with van der Waals surface area (Å²) in [5.74, 6) is -0.915. The zero-order chi connectivity index (χ0) is 52.9. The molecular formula is C67H116O6. The Hall–Kier alpha value is -3.41. The summed E-state index contributed by atoms with van der Waals surface area (Å²) in [6.45, 7) is 6.59. The van der Waals surface area contributed by atoms with Crippen molar-refractivity contribution in [2.24, 2.45) is 0 Å². The van der Waals surface area contributed by atoms with Crippen molar-refractivity contribution in [2.45, 2.75) is 309 Å². The van der Waals surface area contributed by atoms with Crippen molar-refractivity contribution in [3.05, 3.63) is 85.1 Å². The molecule has 1 atom stereocenters. The molecule has 0 aromatic carbocycles. The molecule has 0 fully saturated rings. The standard InChI is InChI=1S/C67H116O6/c1-4-7-10-13-16-19-22-25-28-31-33-34-35-37-39-42-45-48-51-54-57-60-66(69)72-63-64(62-71-65(68)59-56-53-50-47-44-41-38-30-27-24-21-18-15-12-9-6-3)73-67(70)61-58-55-52-49-46-43-40-36-32-29-26-23-20-17-14-11-8-5-2/h20-25,29-33,35,37-38,64H,4-19,26-28,34,36,39-63H2,1-3H3/b23-20-,24-21-,25-22-,32-29-,33-31-,37-35-,38-30-. The van der Waals surface area contributed by atoms with Gasteiger partial charge in [-0.05, 0) is 122 Å². The molecule has 0 aliphatic heterocycles. The number of esters is 3. The monoisotopic (exact) mass is 1020 g/mol. The van der Waals surface area contributed by atoms with E-state index < -0.39 is 6.10 Å². The Bertz CT molecular complexity index is 1400. The Morgan fingerprint density at radius 1 is 0.274 bits per heavy atom. The van der Waals surface area contributed by atoms with Crippen LogP contribution in [0.2, 0.25) is 0 Å². The highest BCUT2D eigenvalue weighted by Crippen LogP contribution is 2.15. The van der Waals surface area contributed by atoms with Gasteiger partial charge in [-0.15, -0.1) is 0 Å². The maximum Gasteiger partial charge on any atom is 0.306 e. The van der Waals surface area contributed by atoms with E-state index in [1.54, 1.807) is 0 Å². The first-order valence-electron chi connectivity index (χ1n) is 31.1. The predicted molar refractivity (Wildman–Crippen MR) is 316 cm³/mol. The van der Waals surface area contributed by atoms with E-state index >= 15 is 0 Å². The number of rotatable bonds is 56. The lowest BCUT2D eigenvalue weighted by Crippen LogP contribution is -2.30. The smallest absolute Gasteiger partial charge is 0.306 e. The maximum atomic E-state index is 12.9. The lowest BCUT2D eigenvalue weighted by atomic mass is 10.1. The van der Waals surface area contributed by atoms with Gasteiger partial charge in [0.2, 0.25) is 0 Å². The molecule has 0 rings (SSSR count). The van der Waals surface area contributed by atoms with Crippen LogP contribution < -0.4 is 0 Å². The molecule has 1 unspecified atom stereocenters. The zero-order valence-electron chi connectivity index (χ0n) is 48.1. The Morgan fingerprint density at radius 3 is 0.781 bits per heavy atom. The highest BCUT2D eigenvalue weighted by molar-refractivity contribution is 5.71.